The summed E-state index contributed by atoms with van der Waals surface area (Å²) in [6.07, 6.45) is 0. The highest BCUT2D eigenvalue weighted by Gasteiger charge is 2.15. The summed E-state index contributed by atoms with van der Waals surface area (Å²) in [4.78, 5) is 14.0. The van der Waals surface area contributed by atoms with E-state index in [2.05, 4.69) is 0 Å². The highest BCUT2D eigenvalue weighted by atomic mass is 35.5. The molecular weight excluding hydrogens is 273 g/mol. The van der Waals surface area contributed by atoms with E-state index < -0.39 is 0 Å². The molecule has 0 heterocycles. The summed E-state index contributed by atoms with van der Waals surface area (Å²) in [6, 6.07) is 5.10. The van der Waals surface area contributed by atoms with Crippen molar-refractivity contribution < 1.29 is 9.53 Å². The first-order valence-corrected chi connectivity index (χ1v) is 6.38. The summed E-state index contributed by atoms with van der Waals surface area (Å²) in [5, 5.41) is 0.851. The first-order chi connectivity index (χ1) is 8.45. The molecule has 1 unspecified atom stereocenters. The standard InChI is InChI=1S/C13H17Cl2NO2/c1-9(8-18-3)16(2)7-13(17)10-4-5-11(14)12(15)6-10/h4-6,9H,7-8H2,1-3H3. The highest BCUT2D eigenvalue weighted by molar-refractivity contribution is 6.42. The minimum atomic E-state index is 0.0130. The lowest BCUT2D eigenvalue weighted by atomic mass is 10.1. The van der Waals surface area contributed by atoms with Crippen LogP contribution < -0.4 is 0 Å². The average Bonchev–Trinajstić information content (AvgIpc) is 2.32. The first kappa shape index (κ1) is 15.4. The van der Waals surface area contributed by atoms with Crippen molar-refractivity contribution in [3.63, 3.8) is 0 Å². The zero-order valence-corrected chi connectivity index (χ0v) is 12.3. The number of rotatable bonds is 6. The van der Waals surface area contributed by atoms with Crippen LogP contribution in [0.15, 0.2) is 18.2 Å². The van der Waals surface area contributed by atoms with Crippen LogP contribution in [0.4, 0.5) is 0 Å². The summed E-state index contributed by atoms with van der Waals surface area (Å²) in [7, 11) is 3.53. The van der Waals surface area contributed by atoms with Crippen molar-refractivity contribution in [2.45, 2.75) is 13.0 Å². The fraction of sp³-hybridized carbons (Fsp3) is 0.462. The molecular formula is C13H17Cl2NO2. The number of Topliss-reactive ketones (excluding diaryl/α,β-unsaturated/α-hetero) is 1. The molecule has 3 nitrogen and oxygen atoms in total. The van der Waals surface area contributed by atoms with Crippen molar-refractivity contribution in [1.29, 1.82) is 0 Å². The third kappa shape index (κ3) is 4.25. The second-order valence-corrected chi connectivity index (χ2v) is 5.09. The second kappa shape index (κ2) is 7.10. The molecule has 1 atom stereocenters. The predicted octanol–water partition coefficient (Wildman–Crippen LogP) is 3.14. The van der Waals surface area contributed by atoms with Crippen LogP contribution in [0.5, 0.6) is 0 Å². The smallest absolute Gasteiger partial charge is 0.176 e. The molecule has 0 aliphatic heterocycles. The Bertz CT molecular complexity index is 423. The molecule has 100 valence electrons. The van der Waals surface area contributed by atoms with Crippen molar-refractivity contribution in [2.24, 2.45) is 0 Å². The minimum Gasteiger partial charge on any atom is -0.383 e. The van der Waals surface area contributed by atoms with E-state index in [9.17, 15) is 4.79 Å². The molecule has 0 fully saturated rings. The SMILES string of the molecule is COCC(C)N(C)CC(=O)c1ccc(Cl)c(Cl)c1. The van der Waals surface area contributed by atoms with Crippen molar-refractivity contribution in [3.05, 3.63) is 33.8 Å². The molecule has 0 amide bonds. The molecule has 1 aromatic rings. The Kier molecular flexibility index (Phi) is 6.09. The van der Waals surface area contributed by atoms with Gasteiger partial charge in [0.05, 0.1) is 23.2 Å². The normalized spacial score (nSPS) is 12.8. The summed E-state index contributed by atoms with van der Waals surface area (Å²) >= 11 is 11.7. The van der Waals surface area contributed by atoms with Gasteiger partial charge in [0.1, 0.15) is 0 Å². The number of halogens is 2. The number of carbonyl (C=O) groups is 1. The van der Waals surface area contributed by atoms with Crippen LogP contribution in [0.25, 0.3) is 0 Å². The maximum absolute atomic E-state index is 12.0. The van der Waals surface area contributed by atoms with Gasteiger partial charge in [-0.3, -0.25) is 9.69 Å². The largest absolute Gasteiger partial charge is 0.383 e. The van der Waals surface area contributed by atoms with Crippen LogP contribution in [0.2, 0.25) is 10.0 Å². The lowest BCUT2D eigenvalue weighted by Gasteiger charge is -2.23. The second-order valence-electron chi connectivity index (χ2n) is 4.27. The van der Waals surface area contributed by atoms with E-state index in [1.807, 2.05) is 18.9 Å². The van der Waals surface area contributed by atoms with Gasteiger partial charge < -0.3 is 4.74 Å². The molecule has 0 saturated carbocycles. The van der Waals surface area contributed by atoms with Gasteiger partial charge in [-0.05, 0) is 32.2 Å². The topological polar surface area (TPSA) is 29.5 Å². The lowest BCUT2D eigenvalue weighted by molar-refractivity contribution is 0.0841. The van der Waals surface area contributed by atoms with Gasteiger partial charge in [-0.1, -0.05) is 23.2 Å². The van der Waals surface area contributed by atoms with Gasteiger partial charge in [-0.2, -0.15) is 0 Å². The Labute approximate surface area is 118 Å². The van der Waals surface area contributed by atoms with Crippen molar-refractivity contribution >= 4 is 29.0 Å². The van der Waals surface area contributed by atoms with E-state index in [1.54, 1.807) is 25.3 Å². The average molecular weight is 290 g/mol. The van der Waals surface area contributed by atoms with Gasteiger partial charge in [0.2, 0.25) is 0 Å². The molecule has 0 radical (unpaired) electrons. The van der Waals surface area contributed by atoms with Crippen LogP contribution in [0, 0.1) is 0 Å². The van der Waals surface area contributed by atoms with Crippen molar-refractivity contribution in [1.82, 2.24) is 4.90 Å². The Hall–Kier alpha value is -0.610. The maximum Gasteiger partial charge on any atom is 0.176 e. The number of hydrogen-bond donors (Lipinski definition) is 0. The van der Waals surface area contributed by atoms with Gasteiger partial charge in [-0.25, -0.2) is 0 Å². The quantitative estimate of drug-likeness (QED) is 0.754. The summed E-state index contributed by atoms with van der Waals surface area (Å²) in [6.45, 7) is 2.92. The molecule has 0 aliphatic carbocycles. The summed E-state index contributed by atoms with van der Waals surface area (Å²) in [5.74, 6) is 0.0130. The monoisotopic (exact) mass is 289 g/mol. The number of carbonyl (C=O) groups excluding carboxylic acids is 1. The Morgan fingerprint density at radius 2 is 2.06 bits per heavy atom. The summed E-state index contributed by atoms with van der Waals surface area (Å²) < 4.78 is 5.06. The highest BCUT2D eigenvalue weighted by Crippen LogP contribution is 2.22. The van der Waals surface area contributed by atoms with E-state index in [4.69, 9.17) is 27.9 Å². The number of ketones is 1. The Morgan fingerprint density at radius 3 is 2.61 bits per heavy atom. The fourth-order valence-electron chi connectivity index (χ4n) is 1.51. The molecule has 0 aromatic heterocycles. The van der Waals surface area contributed by atoms with Crippen LogP contribution in [0.1, 0.15) is 17.3 Å². The molecule has 18 heavy (non-hydrogen) atoms. The van der Waals surface area contributed by atoms with Gasteiger partial charge in [0.25, 0.3) is 0 Å². The number of hydrogen-bond acceptors (Lipinski definition) is 3. The van der Waals surface area contributed by atoms with Gasteiger partial charge in [-0.15, -0.1) is 0 Å². The van der Waals surface area contributed by atoms with Crippen LogP contribution in [-0.4, -0.2) is 44.0 Å². The van der Waals surface area contributed by atoms with Crippen molar-refractivity contribution in [2.75, 3.05) is 27.3 Å². The lowest BCUT2D eigenvalue weighted by Crippen LogP contribution is -2.36. The molecule has 0 bridgehead atoms. The van der Waals surface area contributed by atoms with E-state index in [0.29, 0.717) is 28.8 Å². The third-order valence-electron chi connectivity index (χ3n) is 2.79. The van der Waals surface area contributed by atoms with Crippen LogP contribution in [0.3, 0.4) is 0 Å². The molecule has 1 rings (SSSR count). The Balaban J connectivity index is 2.67. The summed E-state index contributed by atoms with van der Waals surface area (Å²) in [5.41, 5.74) is 0.570. The van der Waals surface area contributed by atoms with E-state index in [1.165, 1.54) is 0 Å². The zero-order chi connectivity index (χ0) is 13.7. The maximum atomic E-state index is 12.0. The van der Waals surface area contributed by atoms with Gasteiger partial charge in [0.15, 0.2) is 5.78 Å². The predicted molar refractivity (Wildman–Crippen MR) is 74.8 cm³/mol. The first-order valence-electron chi connectivity index (χ1n) is 5.63. The number of nitrogens with zero attached hydrogens (tertiary/aromatic N) is 1. The molecule has 0 N–H and O–H groups in total. The van der Waals surface area contributed by atoms with E-state index >= 15 is 0 Å². The number of methoxy groups -OCH3 is 1. The molecule has 0 saturated heterocycles. The third-order valence-corrected chi connectivity index (χ3v) is 3.53. The van der Waals surface area contributed by atoms with Crippen LogP contribution in [-0.2, 0) is 4.74 Å². The Morgan fingerprint density at radius 1 is 1.39 bits per heavy atom. The van der Waals surface area contributed by atoms with Gasteiger partial charge in [0, 0.05) is 18.7 Å². The molecule has 5 heteroatoms. The van der Waals surface area contributed by atoms with Gasteiger partial charge >= 0.3 is 0 Å². The van der Waals surface area contributed by atoms with Crippen molar-refractivity contribution in [3.8, 4) is 0 Å². The van der Waals surface area contributed by atoms with E-state index in [0.717, 1.165) is 0 Å². The number of likely N-dealkylation sites (N-methyl/N-ethyl adjacent to an activating group) is 1. The molecule has 0 spiro atoms. The number of benzene rings is 1. The van der Waals surface area contributed by atoms with E-state index in [-0.39, 0.29) is 11.8 Å². The molecule has 0 aliphatic rings. The molecule has 1 aromatic carbocycles. The minimum absolute atomic E-state index is 0.0130. The number of ether oxygens (including phenoxy) is 1. The zero-order valence-electron chi connectivity index (χ0n) is 10.7. The van der Waals surface area contributed by atoms with Crippen LogP contribution >= 0.6 is 23.2 Å². The fourth-order valence-corrected chi connectivity index (χ4v) is 1.81.